The van der Waals surface area contributed by atoms with E-state index in [0.717, 1.165) is 5.56 Å². The summed E-state index contributed by atoms with van der Waals surface area (Å²) in [5.74, 6) is -1.27. The molecule has 0 radical (unpaired) electrons. The first-order valence-corrected chi connectivity index (χ1v) is 15.1. The maximum atomic E-state index is 14.9. The van der Waals surface area contributed by atoms with E-state index in [1.807, 2.05) is 26.8 Å². The van der Waals surface area contributed by atoms with Gasteiger partial charge >= 0.3 is 18.3 Å². The highest BCUT2D eigenvalue weighted by molar-refractivity contribution is 5.75. The number of alkyl halides is 6. The van der Waals surface area contributed by atoms with Crippen LogP contribution in [0.4, 0.5) is 36.7 Å². The van der Waals surface area contributed by atoms with E-state index >= 15 is 0 Å². The predicted molar refractivity (Wildman–Crippen MR) is 168 cm³/mol. The summed E-state index contributed by atoms with van der Waals surface area (Å²) in [5, 5.41) is 8.83. The lowest BCUT2D eigenvalue weighted by Crippen LogP contribution is -2.25. The van der Waals surface area contributed by atoms with Crippen molar-refractivity contribution in [2.45, 2.75) is 65.0 Å². The smallest absolute Gasteiger partial charge is 0.416 e. The Balaban J connectivity index is 1.82. The van der Waals surface area contributed by atoms with Crippen LogP contribution in [0, 0.1) is 12.7 Å². The molecule has 1 heterocycles. The highest BCUT2D eigenvalue weighted by atomic mass is 19.4. The van der Waals surface area contributed by atoms with Crippen molar-refractivity contribution in [1.82, 2.24) is 9.97 Å². The Morgan fingerprint density at radius 1 is 0.898 bits per heavy atom. The average molecular weight is 694 g/mol. The van der Waals surface area contributed by atoms with Crippen molar-refractivity contribution >= 4 is 11.9 Å². The van der Waals surface area contributed by atoms with Gasteiger partial charge in [0.05, 0.1) is 37.2 Å². The molecule has 0 aliphatic rings. The summed E-state index contributed by atoms with van der Waals surface area (Å²) in [6.45, 7) is 4.96. The molecule has 0 aliphatic carbocycles. The van der Waals surface area contributed by atoms with Crippen molar-refractivity contribution in [3.05, 3.63) is 100 Å². The van der Waals surface area contributed by atoms with Crippen LogP contribution in [0.25, 0.3) is 11.1 Å². The lowest BCUT2D eigenvalue weighted by atomic mass is 9.92. The zero-order chi connectivity index (χ0) is 36.1. The monoisotopic (exact) mass is 693 g/mol. The molecule has 0 fully saturated rings. The van der Waals surface area contributed by atoms with Crippen LogP contribution >= 0.6 is 0 Å². The van der Waals surface area contributed by atoms with Gasteiger partial charge in [0.15, 0.2) is 5.75 Å². The molecule has 1 aromatic heterocycles. The van der Waals surface area contributed by atoms with Crippen molar-refractivity contribution in [2.24, 2.45) is 0 Å². The molecular formula is C35H34F7N3O4. The van der Waals surface area contributed by atoms with Gasteiger partial charge in [0.1, 0.15) is 11.6 Å². The molecule has 0 saturated heterocycles. The standard InChI is InChI=1S/C35H34F7N3O4/c1-20(2)28-14-29(31(48-4)15-30(28)36)27-8-7-21(3)10-23(27)19-45(33-43-16-26(17-44-33)49-9-5-6-32(46)47)18-22-11-24(34(37,38)39)13-25(12-22)35(40,41)42/h7-8,10-17,20H,5-6,9,18-19H2,1-4H3,(H,46,47). The van der Waals surface area contributed by atoms with Crippen molar-refractivity contribution in [3.8, 4) is 22.6 Å². The number of benzene rings is 3. The molecule has 3 aromatic carbocycles. The minimum Gasteiger partial charge on any atom is -0.496 e. The van der Waals surface area contributed by atoms with Gasteiger partial charge < -0.3 is 19.5 Å². The Morgan fingerprint density at radius 3 is 2.08 bits per heavy atom. The minimum absolute atomic E-state index is 0.0368. The Hall–Kier alpha value is -4.88. The Labute approximate surface area is 278 Å². The van der Waals surface area contributed by atoms with Crippen molar-refractivity contribution in [1.29, 1.82) is 0 Å². The van der Waals surface area contributed by atoms with Gasteiger partial charge in [-0.3, -0.25) is 4.79 Å². The number of hydrogen-bond donors (Lipinski definition) is 1. The number of halogens is 7. The molecule has 4 aromatic rings. The highest BCUT2D eigenvalue weighted by Crippen LogP contribution is 2.39. The number of nitrogens with zero attached hydrogens (tertiary/aromatic N) is 3. The number of carboxylic acids is 1. The Bertz CT molecular complexity index is 1740. The van der Waals surface area contributed by atoms with Gasteiger partial charge in [0, 0.05) is 31.1 Å². The molecule has 1 N–H and O–H groups in total. The van der Waals surface area contributed by atoms with Gasteiger partial charge in [-0.2, -0.15) is 26.3 Å². The first-order valence-electron chi connectivity index (χ1n) is 15.1. The molecule has 0 atom stereocenters. The molecule has 0 spiro atoms. The number of hydrogen-bond acceptors (Lipinski definition) is 6. The predicted octanol–water partition coefficient (Wildman–Crippen LogP) is 9.21. The lowest BCUT2D eigenvalue weighted by Gasteiger charge is -2.26. The molecule has 0 unspecified atom stereocenters. The highest BCUT2D eigenvalue weighted by Gasteiger charge is 2.37. The molecule has 0 saturated carbocycles. The number of anilines is 1. The van der Waals surface area contributed by atoms with Gasteiger partial charge in [-0.25, -0.2) is 14.4 Å². The second-order valence-corrected chi connectivity index (χ2v) is 11.7. The van der Waals surface area contributed by atoms with Crippen LogP contribution in [0.15, 0.2) is 60.9 Å². The van der Waals surface area contributed by atoms with Crippen molar-refractivity contribution in [2.75, 3.05) is 18.6 Å². The number of methoxy groups -OCH3 is 1. The van der Waals surface area contributed by atoms with E-state index < -0.39 is 41.8 Å². The molecule has 7 nitrogen and oxygen atoms in total. The number of aryl methyl sites for hydroxylation is 1. The number of aliphatic carboxylic acids is 1. The van der Waals surface area contributed by atoms with Gasteiger partial charge in [-0.1, -0.05) is 37.6 Å². The maximum Gasteiger partial charge on any atom is 0.416 e. The van der Waals surface area contributed by atoms with Crippen LogP contribution in [0.1, 0.15) is 66.0 Å². The number of rotatable bonds is 13. The van der Waals surface area contributed by atoms with E-state index in [-0.39, 0.29) is 61.0 Å². The van der Waals surface area contributed by atoms with Crippen LogP contribution in [0.2, 0.25) is 0 Å². The van der Waals surface area contributed by atoms with Crippen LogP contribution in [-0.2, 0) is 30.2 Å². The van der Waals surface area contributed by atoms with Gasteiger partial charge in [0.25, 0.3) is 0 Å². The zero-order valence-corrected chi connectivity index (χ0v) is 27.0. The molecule has 4 rings (SSSR count). The third-order valence-electron chi connectivity index (χ3n) is 7.57. The van der Waals surface area contributed by atoms with Gasteiger partial charge in [-0.15, -0.1) is 0 Å². The number of aromatic nitrogens is 2. The maximum absolute atomic E-state index is 14.9. The van der Waals surface area contributed by atoms with Crippen LogP contribution in [0.3, 0.4) is 0 Å². The normalized spacial score (nSPS) is 11.9. The van der Waals surface area contributed by atoms with E-state index in [1.54, 1.807) is 18.2 Å². The number of carbonyl (C=O) groups is 1. The summed E-state index contributed by atoms with van der Waals surface area (Å²) < 4.78 is 108. The average Bonchev–Trinajstić information content (AvgIpc) is 3.02. The van der Waals surface area contributed by atoms with E-state index in [4.69, 9.17) is 14.6 Å². The molecule has 14 heteroatoms. The molecule has 49 heavy (non-hydrogen) atoms. The van der Waals surface area contributed by atoms with E-state index in [9.17, 15) is 35.5 Å². The third kappa shape index (κ3) is 9.61. The van der Waals surface area contributed by atoms with Crippen LogP contribution in [-0.4, -0.2) is 34.8 Å². The molecule has 262 valence electrons. The molecule has 0 bridgehead atoms. The fraction of sp³-hybridized carbons (Fsp3) is 0.343. The van der Waals surface area contributed by atoms with E-state index in [0.29, 0.717) is 34.4 Å². The summed E-state index contributed by atoms with van der Waals surface area (Å²) in [7, 11) is 1.39. The second-order valence-electron chi connectivity index (χ2n) is 11.7. The third-order valence-corrected chi connectivity index (χ3v) is 7.57. The first kappa shape index (κ1) is 36.9. The van der Waals surface area contributed by atoms with E-state index in [2.05, 4.69) is 9.97 Å². The SMILES string of the molecule is COc1cc(F)c(C(C)C)cc1-c1ccc(C)cc1CN(Cc1cc(C(F)(F)F)cc(C(F)(F)F)c1)c1ncc(OCCCC(=O)O)cn1. The summed E-state index contributed by atoms with van der Waals surface area (Å²) in [6, 6.07) is 9.69. The van der Waals surface area contributed by atoms with Gasteiger partial charge in [-0.05, 0) is 65.8 Å². The van der Waals surface area contributed by atoms with Crippen LogP contribution < -0.4 is 14.4 Å². The Kier molecular flexibility index (Phi) is 11.4. The minimum atomic E-state index is -5.05. The van der Waals surface area contributed by atoms with Crippen molar-refractivity contribution in [3.63, 3.8) is 0 Å². The summed E-state index contributed by atoms with van der Waals surface area (Å²) in [5.41, 5.74) is -0.289. The van der Waals surface area contributed by atoms with E-state index in [1.165, 1.54) is 30.5 Å². The topological polar surface area (TPSA) is 84.8 Å². The van der Waals surface area contributed by atoms with Gasteiger partial charge in [0.2, 0.25) is 5.95 Å². The summed E-state index contributed by atoms with van der Waals surface area (Å²) >= 11 is 0. The summed E-state index contributed by atoms with van der Waals surface area (Å²) in [4.78, 5) is 20.8. The Morgan fingerprint density at radius 2 is 1.53 bits per heavy atom. The lowest BCUT2D eigenvalue weighted by molar-refractivity contribution is -0.143. The first-order chi connectivity index (χ1) is 23.0. The van der Waals surface area contributed by atoms with Crippen molar-refractivity contribution < 1.29 is 50.1 Å². The van der Waals surface area contributed by atoms with Crippen LogP contribution in [0.5, 0.6) is 11.5 Å². The zero-order valence-electron chi connectivity index (χ0n) is 27.0. The second kappa shape index (κ2) is 15.1. The molecule has 0 amide bonds. The fourth-order valence-electron chi connectivity index (χ4n) is 5.20. The quantitative estimate of drug-likeness (QED) is 0.110. The number of carboxylic acid groups (broad SMARTS) is 1. The summed E-state index contributed by atoms with van der Waals surface area (Å²) in [6.07, 6.45) is -7.46. The molecular weight excluding hydrogens is 659 g/mol. The number of ether oxygens (including phenoxy) is 2. The largest absolute Gasteiger partial charge is 0.496 e. The fourth-order valence-corrected chi connectivity index (χ4v) is 5.20. The molecule has 0 aliphatic heterocycles.